The van der Waals surface area contributed by atoms with Gasteiger partial charge in [-0.3, -0.25) is 0 Å². The number of hydrogen-bond acceptors (Lipinski definition) is 4. The Morgan fingerprint density at radius 3 is 1.08 bits per heavy atom. The fraction of sp³-hybridized carbons (Fsp3) is 0. The number of benzene rings is 3. The van der Waals surface area contributed by atoms with Crippen molar-refractivity contribution in [3.05, 3.63) is 91.0 Å². The SMILES string of the molecule is [OH][Ti]([OH])([OH])[O][Si](c1ccccc1)(c1ccccc1)c1ccccc1. The molecule has 0 aliphatic heterocycles. The van der Waals surface area contributed by atoms with Crippen LogP contribution in [0.5, 0.6) is 0 Å². The van der Waals surface area contributed by atoms with E-state index in [2.05, 4.69) is 0 Å². The molecule has 0 heterocycles. The van der Waals surface area contributed by atoms with E-state index in [1.165, 1.54) is 0 Å². The summed E-state index contributed by atoms with van der Waals surface area (Å²) in [6, 6.07) is 28.4. The van der Waals surface area contributed by atoms with Crippen LogP contribution in [-0.4, -0.2) is 19.4 Å². The van der Waals surface area contributed by atoms with Gasteiger partial charge in [0.1, 0.15) is 0 Å². The zero-order valence-corrected chi connectivity index (χ0v) is 15.5. The number of hydrogen-bond donors (Lipinski definition) is 3. The van der Waals surface area contributed by atoms with E-state index in [0.717, 1.165) is 15.6 Å². The Hall–Kier alpha value is -1.57. The van der Waals surface area contributed by atoms with E-state index in [1.54, 1.807) is 0 Å². The molecule has 6 heteroatoms. The van der Waals surface area contributed by atoms with Gasteiger partial charge < -0.3 is 0 Å². The molecule has 0 fully saturated rings. The van der Waals surface area contributed by atoms with E-state index >= 15 is 0 Å². The second-order valence-corrected chi connectivity index (χ2v) is 11.5. The van der Waals surface area contributed by atoms with Crippen molar-refractivity contribution < 1.29 is 32.2 Å². The molecule has 0 amide bonds. The van der Waals surface area contributed by atoms with Crippen LogP contribution in [0.4, 0.5) is 0 Å². The Balaban J connectivity index is 2.33. The van der Waals surface area contributed by atoms with Gasteiger partial charge in [0.05, 0.1) is 0 Å². The van der Waals surface area contributed by atoms with Gasteiger partial charge in [-0.05, 0) is 0 Å². The zero-order chi connectivity index (χ0) is 17.0. The van der Waals surface area contributed by atoms with Crippen LogP contribution in [0.2, 0.25) is 0 Å². The van der Waals surface area contributed by atoms with Crippen LogP contribution in [0, 0.1) is 0 Å². The van der Waals surface area contributed by atoms with E-state index in [-0.39, 0.29) is 0 Å². The summed E-state index contributed by atoms with van der Waals surface area (Å²) in [6.45, 7) is 0. The van der Waals surface area contributed by atoms with Gasteiger partial charge in [0.25, 0.3) is 0 Å². The van der Waals surface area contributed by atoms with Gasteiger partial charge in [-0.25, -0.2) is 0 Å². The third kappa shape index (κ3) is 3.58. The minimum absolute atomic E-state index is 0.842. The monoisotopic (exact) mass is 374 g/mol. The molecule has 24 heavy (non-hydrogen) atoms. The molecule has 0 saturated carbocycles. The summed E-state index contributed by atoms with van der Waals surface area (Å²) in [5.74, 6) is 0. The summed E-state index contributed by atoms with van der Waals surface area (Å²) >= 11 is -5.32. The molecular formula is C18H18O4SiTi. The van der Waals surface area contributed by atoms with Crippen molar-refractivity contribution in [2.24, 2.45) is 0 Å². The van der Waals surface area contributed by atoms with Crippen LogP contribution in [0.3, 0.4) is 0 Å². The first-order valence-corrected chi connectivity index (χ1v) is 12.2. The van der Waals surface area contributed by atoms with Gasteiger partial charge in [0.15, 0.2) is 0 Å². The molecule has 3 aromatic rings. The van der Waals surface area contributed by atoms with Crippen LogP contribution in [0.15, 0.2) is 91.0 Å². The Kier molecular flexibility index (Phi) is 5.13. The van der Waals surface area contributed by atoms with Gasteiger partial charge >= 0.3 is 147 Å². The van der Waals surface area contributed by atoms with E-state index < -0.39 is 26.5 Å². The summed E-state index contributed by atoms with van der Waals surface area (Å²) in [5, 5.41) is 2.53. The van der Waals surface area contributed by atoms with Gasteiger partial charge in [0, 0.05) is 0 Å². The second-order valence-electron chi connectivity index (χ2n) is 5.46. The Labute approximate surface area is 147 Å². The Bertz CT molecular complexity index is 680. The molecule has 3 rings (SSSR count). The van der Waals surface area contributed by atoms with E-state index in [4.69, 9.17) is 3.01 Å². The van der Waals surface area contributed by atoms with E-state index in [0.29, 0.717) is 0 Å². The Morgan fingerprint density at radius 2 is 0.833 bits per heavy atom. The summed E-state index contributed by atoms with van der Waals surface area (Å²) in [7, 11) is -3.23. The molecule has 4 nitrogen and oxygen atoms in total. The van der Waals surface area contributed by atoms with Gasteiger partial charge in [-0.2, -0.15) is 0 Å². The summed E-state index contributed by atoms with van der Waals surface area (Å²) in [4.78, 5) is 0. The average molecular weight is 374 g/mol. The van der Waals surface area contributed by atoms with Gasteiger partial charge in [-0.15, -0.1) is 0 Å². The molecule has 0 spiro atoms. The van der Waals surface area contributed by atoms with Crippen molar-refractivity contribution in [2.75, 3.05) is 0 Å². The van der Waals surface area contributed by atoms with Crippen molar-refractivity contribution in [3.8, 4) is 0 Å². The van der Waals surface area contributed by atoms with Gasteiger partial charge in [-0.1, -0.05) is 0 Å². The van der Waals surface area contributed by atoms with Crippen molar-refractivity contribution >= 4 is 23.9 Å². The molecule has 0 aromatic heterocycles. The zero-order valence-electron chi connectivity index (χ0n) is 12.9. The summed E-state index contributed by atoms with van der Waals surface area (Å²) < 4.78 is 35.3. The molecule has 0 atom stereocenters. The number of rotatable bonds is 5. The molecule has 0 radical (unpaired) electrons. The molecular weight excluding hydrogens is 356 g/mol. The van der Waals surface area contributed by atoms with Crippen molar-refractivity contribution in [1.82, 2.24) is 0 Å². The van der Waals surface area contributed by atoms with Crippen LogP contribution >= 0.6 is 0 Å². The molecule has 3 aromatic carbocycles. The Morgan fingerprint density at radius 1 is 0.542 bits per heavy atom. The third-order valence-corrected chi connectivity index (χ3v) is 10.6. The topological polar surface area (TPSA) is 69.9 Å². The molecule has 122 valence electrons. The van der Waals surface area contributed by atoms with E-state index in [1.807, 2.05) is 91.0 Å². The second kappa shape index (κ2) is 7.13. The first-order chi connectivity index (χ1) is 11.5. The summed E-state index contributed by atoms with van der Waals surface area (Å²) in [6.07, 6.45) is 0. The maximum atomic E-state index is 9.85. The predicted molar refractivity (Wildman–Crippen MR) is 91.7 cm³/mol. The fourth-order valence-electron chi connectivity index (χ4n) is 2.90. The van der Waals surface area contributed by atoms with Crippen LogP contribution in [0.1, 0.15) is 0 Å². The quantitative estimate of drug-likeness (QED) is 0.448. The minimum atomic E-state index is -5.32. The predicted octanol–water partition coefficient (Wildman–Crippen LogP) is 0.461. The summed E-state index contributed by atoms with van der Waals surface area (Å²) in [5.41, 5.74) is 0. The van der Waals surface area contributed by atoms with Crippen LogP contribution in [0.25, 0.3) is 0 Å². The molecule has 0 bridgehead atoms. The average Bonchev–Trinajstić information content (AvgIpc) is 2.61. The first kappa shape index (κ1) is 17.3. The van der Waals surface area contributed by atoms with Crippen molar-refractivity contribution in [2.45, 2.75) is 0 Å². The normalized spacial score (nSPS) is 12.1. The third-order valence-electron chi connectivity index (χ3n) is 3.83. The molecule has 0 saturated heterocycles. The fourth-order valence-corrected chi connectivity index (χ4v) is 10.2. The van der Waals surface area contributed by atoms with E-state index in [9.17, 15) is 11.1 Å². The maximum absolute atomic E-state index is 9.85. The molecule has 0 aliphatic carbocycles. The molecule has 3 N–H and O–H groups in total. The molecule has 0 unspecified atom stereocenters. The standard InChI is InChI=1S/C18H15OSi.3H2O.Ti/c19-20(16-10-4-1-5-11-16,17-12-6-2-7-13-17)18-14-8-3-9-15-18;;;;/h1-15H;3*1H2;/q-1;;;;+4/p-3. The van der Waals surface area contributed by atoms with Crippen molar-refractivity contribution in [3.63, 3.8) is 0 Å². The van der Waals surface area contributed by atoms with Crippen molar-refractivity contribution in [1.29, 1.82) is 0 Å². The first-order valence-electron chi connectivity index (χ1n) is 7.56. The molecule has 0 aliphatic rings. The van der Waals surface area contributed by atoms with Gasteiger partial charge in [0.2, 0.25) is 0 Å². The van der Waals surface area contributed by atoms with Crippen LogP contribution < -0.4 is 15.6 Å². The van der Waals surface area contributed by atoms with Crippen LogP contribution in [-0.2, 0) is 21.1 Å².